The Balaban J connectivity index is 4.26. The summed E-state index contributed by atoms with van der Waals surface area (Å²) in [7, 11) is 0. The van der Waals surface area contributed by atoms with Crippen LogP contribution in [0.1, 0.15) is 369 Å². The van der Waals surface area contributed by atoms with Crippen LogP contribution in [0.4, 0.5) is 0 Å². The first-order chi connectivity index (χ1) is 35.1. The van der Waals surface area contributed by atoms with E-state index in [9.17, 15) is 14.4 Å². The minimum Gasteiger partial charge on any atom is -0.462 e. The molecule has 0 amide bonds. The molecular weight excluding hydrogens is 889 g/mol. The van der Waals surface area contributed by atoms with E-state index in [0.717, 1.165) is 75.5 Å². The first-order valence-electron chi connectivity index (χ1n) is 32.6. The van der Waals surface area contributed by atoms with Crippen LogP contribution < -0.4 is 0 Å². The highest BCUT2D eigenvalue weighted by Crippen LogP contribution is 2.19. The van der Waals surface area contributed by atoms with Crippen molar-refractivity contribution in [1.82, 2.24) is 0 Å². The van der Waals surface area contributed by atoms with E-state index in [2.05, 4.69) is 41.5 Å². The van der Waals surface area contributed by atoms with E-state index in [1.165, 1.54) is 250 Å². The van der Waals surface area contributed by atoms with E-state index in [-0.39, 0.29) is 31.1 Å². The highest BCUT2D eigenvalue weighted by atomic mass is 16.6. The molecule has 0 saturated carbocycles. The first kappa shape index (κ1) is 70.4. The van der Waals surface area contributed by atoms with Gasteiger partial charge in [-0.1, -0.05) is 330 Å². The molecule has 0 aromatic carbocycles. The zero-order chi connectivity index (χ0) is 52.6. The van der Waals surface area contributed by atoms with Gasteiger partial charge in [-0.3, -0.25) is 14.4 Å². The molecule has 0 heterocycles. The number of hydrogen-bond donors (Lipinski definition) is 0. The highest BCUT2D eigenvalue weighted by Gasteiger charge is 2.19. The number of rotatable bonds is 59. The Morgan fingerprint density at radius 1 is 0.236 bits per heavy atom. The summed E-state index contributed by atoms with van der Waals surface area (Å²) in [5.41, 5.74) is 0. The second-order valence-electron chi connectivity index (χ2n) is 24.2. The summed E-state index contributed by atoms with van der Waals surface area (Å²) in [5.74, 6) is 1.70. The zero-order valence-corrected chi connectivity index (χ0v) is 49.7. The van der Waals surface area contributed by atoms with Crippen molar-refractivity contribution >= 4 is 17.9 Å². The molecule has 428 valence electrons. The Morgan fingerprint density at radius 2 is 0.403 bits per heavy atom. The monoisotopic (exact) mass is 1020 g/mol. The fourth-order valence-electron chi connectivity index (χ4n) is 10.2. The zero-order valence-electron chi connectivity index (χ0n) is 49.7. The van der Waals surface area contributed by atoms with Crippen molar-refractivity contribution in [3.63, 3.8) is 0 Å². The van der Waals surface area contributed by atoms with E-state index in [1.54, 1.807) is 0 Å². The van der Waals surface area contributed by atoms with E-state index >= 15 is 0 Å². The van der Waals surface area contributed by atoms with Crippen molar-refractivity contribution in [2.75, 3.05) is 13.2 Å². The van der Waals surface area contributed by atoms with Gasteiger partial charge in [0, 0.05) is 19.3 Å². The summed E-state index contributed by atoms with van der Waals surface area (Å²) >= 11 is 0. The lowest BCUT2D eigenvalue weighted by Gasteiger charge is -2.18. The molecule has 0 aromatic heterocycles. The second kappa shape index (κ2) is 57.1. The first-order valence-corrected chi connectivity index (χ1v) is 32.6. The molecule has 0 aliphatic rings. The lowest BCUT2D eigenvalue weighted by atomic mass is 10.0. The molecule has 0 N–H and O–H groups in total. The molecule has 1 atom stereocenters. The van der Waals surface area contributed by atoms with Crippen molar-refractivity contribution in [3.8, 4) is 0 Å². The fourth-order valence-corrected chi connectivity index (χ4v) is 10.2. The summed E-state index contributed by atoms with van der Waals surface area (Å²) in [6.07, 6.45) is 62.5. The minimum atomic E-state index is -0.765. The van der Waals surface area contributed by atoms with Gasteiger partial charge in [0.25, 0.3) is 0 Å². The number of carbonyl (C=O) groups excluding carboxylic acids is 3. The van der Waals surface area contributed by atoms with Crippen LogP contribution >= 0.6 is 0 Å². The molecule has 0 radical (unpaired) electrons. The number of hydrogen-bond acceptors (Lipinski definition) is 6. The van der Waals surface area contributed by atoms with Crippen LogP contribution in [0.15, 0.2) is 0 Å². The molecule has 0 bridgehead atoms. The smallest absolute Gasteiger partial charge is 0.306 e. The Bertz CT molecular complexity index is 1120. The van der Waals surface area contributed by atoms with Gasteiger partial charge in [-0.15, -0.1) is 0 Å². The average molecular weight is 1020 g/mol. The van der Waals surface area contributed by atoms with Gasteiger partial charge in [-0.2, -0.15) is 0 Å². The molecule has 0 saturated heterocycles. The van der Waals surface area contributed by atoms with Crippen LogP contribution in [0.2, 0.25) is 0 Å². The third-order valence-electron chi connectivity index (χ3n) is 15.1. The fraction of sp³-hybridized carbons (Fsp3) is 0.955. The summed E-state index contributed by atoms with van der Waals surface area (Å²) in [6.45, 7) is 13.8. The van der Waals surface area contributed by atoms with Crippen LogP contribution in [0.3, 0.4) is 0 Å². The maximum atomic E-state index is 12.9. The van der Waals surface area contributed by atoms with Gasteiger partial charge in [-0.05, 0) is 37.0 Å². The van der Waals surface area contributed by atoms with Crippen LogP contribution in [0.25, 0.3) is 0 Å². The largest absolute Gasteiger partial charge is 0.462 e. The molecule has 0 fully saturated rings. The van der Waals surface area contributed by atoms with Crippen LogP contribution in [-0.2, 0) is 28.6 Å². The maximum Gasteiger partial charge on any atom is 0.306 e. The van der Waals surface area contributed by atoms with Crippen molar-refractivity contribution < 1.29 is 28.6 Å². The molecule has 6 heteroatoms. The normalized spacial score (nSPS) is 12.1. The molecule has 0 aromatic rings. The molecule has 0 unspecified atom stereocenters. The topological polar surface area (TPSA) is 78.9 Å². The van der Waals surface area contributed by atoms with Crippen molar-refractivity contribution in [2.24, 2.45) is 17.8 Å². The van der Waals surface area contributed by atoms with E-state index in [1.807, 2.05) is 0 Å². The summed E-state index contributed by atoms with van der Waals surface area (Å²) < 4.78 is 17.0. The van der Waals surface area contributed by atoms with Crippen LogP contribution in [-0.4, -0.2) is 37.2 Å². The van der Waals surface area contributed by atoms with Crippen LogP contribution in [0.5, 0.6) is 0 Å². The Hall–Kier alpha value is -1.59. The van der Waals surface area contributed by atoms with E-state index < -0.39 is 6.10 Å². The molecule has 6 nitrogen and oxygen atoms in total. The summed E-state index contributed by atoms with van der Waals surface area (Å²) in [5, 5.41) is 0. The van der Waals surface area contributed by atoms with Gasteiger partial charge in [0.15, 0.2) is 6.10 Å². The standard InChI is InChI=1S/C66H128O6/c1-60(2)52-46-40-34-28-22-17-13-9-7-8-10-16-20-26-33-39-45-51-57-66(69)72-63(59-71-65(68)56-50-44-38-32-27-21-24-30-36-42-48-54-62(5)6)58-70-64(67)55-49-43-37-31-25-19-15-12-11-14-18-23-29-35-41-47-53-61(3)4/h60-63H,7-59H2,1-6H3/t63-/m1/s1. The third-order valence-corrected chi connectivity index (χ3v) is 15.1. The molecular formula is C66H128O6. The van der Waals surface area contributed by atoms with Crippen molar-refractivity contribution in [2.45, 2.75) is 375 Å². The quantitative estimate of drug-likeness (QED) is 0.0343. The molecule has 72 heavy (non-hydrogen) atoms. The van der Waals surface area contributed by atoms with Gasteiger partial charge >= 0.3 is 17.9 Å². The lowest BCUT2D eigenvalue weighted by Crippen LogP contribution is -2.30. The molecule has 0 spiro atoms. The van der Waals surface area contributed by atoms with Gasteiger partial charge in [0.1, 0.15) is 13.2 Å². The van der Waals surface area contributed by atoms with Gasteiger partial charge < -0.3 is 14.2 Å². The Morgan fingerprint density at radius 3 is 0.597 bits per heavy atom. The van der Waals surface area contributed by atoms with E-state index in [4.69, 9.17) is 14.2 Å². The molecule has 0 rings (SSSR count). The SMILES string of the molecule is CC(C)CCCCCCCCCCCCCCCCCCCCC(=O)O[C@H](COC(=O)CCCCCCCCCCCCCCCCCCC(C)C)COC(=O)CCCCCCCCCCCCCC(C)C. The van der Waals surface area contributed by atoms with Crippen molar-refractivity contribution in [1.29, 1.82) is 0 Å². The average Bonchev–Trinajstić information content (AvgIpc) is 3.34. The third kappa shape index (κ3) is 59.3. The number of esters is 3. The lowest BCUT2D eigenvalue weighted by molar-refractivity contribution is -0.167. The van der Waals surface area contributed by atoms with Crippen molar-refractivity contribution in [3.05, 3.63) is 0 Å². The van der Waals surface area contributed by atoms with E-state index in [0.29, 0.717) is 19.3 Å². The number of ether oxygens (including phenoxy) is 3. The van der Waals surface area contributed by atoms with Gasteiger partial charge in [0.2, 0.25) is 0 Å². The summed E-state index contributed by atoms with van der Waals surface area (Å²) in [4.78, 5) is 38.3. The van der Waals surface area contributed by atoms with Gasteiger partial charge in [-0.25, -0.2) is 0 Å². The highest BCUT2D eigenvalue weighted by molar-refractivity contribution is 5.71. The van der Waals surface area contributed by atoms with Crippen LogP contribution in [0, 0.1) is 17.8 Å². The maximum absolute atomic E-state index is 12.9. The number of unbranched alkanes of at least 4 members (excludes halogenated alkanes) is 42. The second-order valence-corrected chi connectivity index (χ2v) is 24.2. The predicted octanol–water partition coefficient (Wildman–Crippen LogP) is 21.8. The Kier molecular flexibility index (Phi) is 55.9. The van der Waals surface area contributed by atoms with Gasteiger partial charge in [0.05, 0.1) is 0 Å². The Labute approximate surface area is 450 Å². The number of carbonyl (C=O) groups is 3. The minimum absolute atomic E-state index is 0.0625. The predicted molar refractivity (Wildman–Crippen MR) is 312 cm³/mol. The molecule has 0 aliphatic heterocycles. The summed E-state index contributed by atoms with van der Waals surface area (Å²) in [6, 6.07) is 0. The molecule has 0 aliphatic carbocycles.